The van der Waals surface area contributed by atoms with Crippen LogP contribution < -0.4 is 4.90 Å². The van der Waals surface area contributed by atoms with E-state index in [1.54, 1.807) is 35.5 Å². The van der Waals surface area contributed by atoms with Crippen LogP contribution in [-0.2, 0) is 16.8 Å². The van der Waals surface area contributed by atoms with Crippen LogP contribution in [0.25, 0.3) is 0 Å². The van der Waals surface area contributed by atoms with E-state index >= 15 is 0 Å². The van der Waals surface area contributed by atoms with Crippen molar-refractivity contribution in [2.45, 2.75) is 50.9 Å². The van der Waals surface area contributed by atoms with E-state index in [4.69, 9.17) is 15.0 Å². The number of aliphatic carboxylic acids is 1. The van der Waals surface area contributed by atoms with Gasteiger partial charge in [-0.15, -0.1) is 0 Å². The minimum Gasteiger partial charge on any atom is -0.475 e. The minimum absolute atomic E-state index is 0.123. The fourth-order valence-corrected chi connectivity index (χ4v) is 4.89. The number of carboxylic acids is 1. The molecular weight excluding hydrogens is 520 g/mol. The van der Waals surface area contributed by atoms with Crippen molar-refractivity contribution in [3.05, 3.63) is 71.6 Å². The highest BCUT2D eigenvalue weighted by Crippen LogP contribution is 2.42. The van der Waals surface area contributed by atoms with Gasteiger partial charge in [-0.3, -0.25) is 9.48 Å². The molecule has 1 aromatic carbocycles. The van der Waals surface area contributed by atoms with Crippen molar-refractivity contribution in [3.8, 4) is 0 Å². The van der Waals surface area contributed by atoms with Crippen molar-refractivity contribution in [2.24, 2.45) is 0 Å². The van der Waals surface area contributed by atoms with E-state index in [1.165, 1.54) is 6.07 Å². The number of alkyl halides is 3. The number of aromatic nitrogens is 4. The highest BCUT2D eigenvalue weighted by Gasteiger charge is 2.46. The van der Waals surface area contributed by atoms with E-state index in [0.29, 0.717) is 13.1 Å². The molecule has 0 saturated carbocycles. The van der Waals surface area contributed by atoms with Gasteiger partial charge < -0.3 is 14.9 Å². The summed E-state index contributed by atoms with van der Waals surface area (Å²) >= 11 is 0. The van der Waals surface area contributed by atoms with Crippen LogP contribution in [0.2, 0.25) is 0 Å². The van der Waals surface area contributed by atoms with Crippen LogP contribution in [0.1, 0.15) is 54.3 Å². The number of amides is 1. The van der Waals surface area contributed by atoms with Crippen molar-refractivity contribution < 1.29 is 32.3 Å². The first-order valence-electron chi connectivity index (χ1n) is 12.4. The predicted molar refractivity (Wildman–Crippen MR) is 133 cm³/mol. The Morgan fingerprint density at radius 1 is 1.05 bits per heavy atom. The Balaban J connectivity index is 0.000000448. The Labute approximate surface area is 222 Å². The molecule has 3 aromatic rings. The first kappa shape index (κ1) is 28.0. The van der Waals surface area contributed by atoms with Crippen molar-refractivity contribution in [2.75, 3.05) is 24.5 Å². The molecule has 1 saturated heterocycles. The summed E-state index contributed by atoms with van der Waals surface area (Å²) in [7, 11) is 0. The highest BCUT2D eigenvalue weighted by atomic mass is 19.4. The van der Waals surface area contributed by atoms with Crippen LogP contribution in [0, 0.1) is 5.82 Å². The van der Waals surface area contributed by atoms with E-state index in [0.717, 1.165) is 43.1 Å². The topological polar surface area (TPSA) is 104 Å². The zero-order valence-corrected chi connectivity index (χ0v) is 21.4. The molecule has 0 unspecified atom stereocenters. The molecule has 5 rings (SSSR count). The SMILES string of the molecule is CC(C)n1cc2c(n1)C1(CCN(c3ncccn3)CC1)CN(C(=O)c1ccccc1F)C2.O=C(O)C(F)(F)F. The summed E-state index contributed by atoms with van der Waals surface area (Å²) in [6.07, 6.45) is 2.13. The summed E-state index contributed by atoms with van der Waals surface area (Å²) < 4.78 is 48.1. The van der Waals surface area contributed by atoms with Crippen LogP contribution in [0.3, 0.4) is 0 Å². The monoisotopic (exact) mass is 548 g/mol. The van der Waals surface area contributed by atoms with Crippen molar-refractivity contribution in [3.63, 3.8) is 0 Å². The molecule has 208 valence electrons. The standard InChI is InChI=1S/C24H27FN6O.C2HF3O2/c1-17(2)31-15-18-14-30(22(32)19-6-3-4-7-20(19)25)16-24(21(18)28-31)8-12-29(13-9-24)23-26-10-5-11-27-23;3-2(4,5)1(6)7/h3-7,10-11,15,17H,8-9,12-14,16H2,1-2H3;(H,6,7). The van der Waals surface area contributed by atoms with Crippen LogP contribution in [0.15, 0.2) is 48.9 Å². The normalized spacial score (nSPS) is 16.5. The lowest BCUT2D eigenvalue weighted by Crippen LogP contribution is -2.53. The summed E-state index contributed by atoms with van der Waals surface area (Å²) in [4.78, 5) is 35.0. The molecule has 0 aliphatic carbocycles. The van der Waals surface area contributed by atoms with Crippen LogP contribution in [0.4, 0.5) is 23.5 Å². The molecular formula is C26H28F4N6O3. The van der Waals surface area contributed by atoms with Gasteiger partial charge >= 0.3 is 12.1 Å². The van der Waals surface area contributed by atoms with Crippen LogP contribution >= 0.6 is 0 Å². The van der Waals surface area contributed by atoms with Gasteiger partial charge in [0, 0.05) is 61.8 Å². The molecule has 9 nitrogen and oxygen atoms in total. The largest absolute Gasteiger partial charge is 0.490 e. The number of anilines is 1. The molecule has 4 heterocycles. The number of fused-ring (bicyclic) bond motifs is 2. The number of rotatable bonds is 3. The summed E-state index contributed by atoms with van der Waals surface area (Å²) in [5.41, 5.74) is 1.99. The number of piperidine rings is 1. The van der Waals surface area contributed by atoms with Gasteiger partial charge in [-0.2, -0.15) is 18.3 Å². The summed E-state index contributed by atoms with van der Waals surface area (Å²) in [5.74, 6) is -2.77. The molecule has 2 aliphatic heterocycles. The fraction of sp³-hybridized carbons (Fsp3) is 0.423. The maximum absolute atomic E-state index is 14.4. The number of carbonyl (C=O) groups excluding carboxylic acids is 1. The number of nitrogens with zero attached hydrogens (tertiary/aromatic N) is 6. The quantitative estimate of drug-likeness (QED) is 0.489. The van der Waals surface area contributed by atoms with Gasteiger partial charge in [0.25, 0.3) is 5.91 Å². The Morgan fingerprint density at radius 2 is 1.67 bits per heavy atom. The third-order valence-electron chi connectivity index (χ3n) is 6.88. The number of benzene rings is 1. The second-order valence-electron chi connectivity index (χ2n) is 9.84. The van der Waals surface area contributed by atoms with Crippen molar-refractivity contribution >= 4 is 17.8 Å². The first-order chi connectivity index (χ1) is 18.4. The molecule has 1 fully saturated rings. The minimum atomic E-state index is -5.08. The summed E-state index contributed by atoms with van der Waals surface area (Å²) in [5, 5.41) is 12.1. The second kappa shape index (κ2) is 11.0. The average Bonchev–Trinajstić information content (AvgIpc) is 3.35. The van der Waals surface area contributed by atoms with Crippen molar-refractivity contribution in [1.29, 1.82) is 0 Å². The maximum atomic E-state index is 14.4. The number of halogens is 4. The number of carbonyl (C=O) groups is 2. The highest BCUT2D eigenvalue weighted by molar-refractivity contribution is 5.94. The zero-order valence-electron chi connectivity index (χ0n) is 21.4. The second-order valence-corrected chi connectivity index (χ2v) is 9.84. The molecule has 0 atom stereocenters. The zero-order chi connectivity index (χ0) is 28.4. The molecule has 0 bridgehead atoms. The third kappa shape index (κ3) is 6.02. The van der Waals surface area contributed by atoms with E-state index in [-0.39, 0.29) is 22.9 Å². The Morgan fingerprint density at radius 3 is 2.23 bits per heavy atom. The molecule has 1 spiro atoms. The van der Waals surface area contributed by atoms with Gasteiger partial charge in [0.15, 0.2) is 0 Å². The molecule has 39 heavy (non-hydrogen) atoms. The Hall–Kier alpha value is -4.03. The predicted octanol–water partition coefficient (Wildman–Crippen LogP) is 4.22. The molecule has 1 amide bonds. The Kier molecular flexibility index (Phi) is 7.89. The molecule has 2 aromatic heterocycles. The number of carboxylic acid groups (broad SMARTS) is 1. The van der Waals surface area contributed by atoms with E-state index < -0.39 is 18.0 Å². The number of hydrogen-bond donors (Lipinski definition) is 1. The average molecular weight is 549 g/mol. The molecule has 1 N–H and O–H groups in total. The molecule has 13 heteroatoms. The lowest BCUT2D eigenvalue weighted by molar-refractivity contribution is -0.192. The third-order valence-corrected chi connectivity index (χ3v) is 6.88. The van der Waals surface area contributed by atoms with E-state index in [2.05, 4.69) is 34.9 Å². The lowest BCUT2D eigenvalue weighted by atomic mass is 9.72. The van der Waals surface area contributed by atoms with Crippen LogP contribution in [0.5, 0.6) is 0 Å². The van der Waals surface area contributed by atoms with Gasteiger partial charge in [0.2, 0.25) is 5.95 Å². The summed E-state index contributed by atoms with van der Waals surface area (Å²) in [6, 6.07) is 8.26. The lowest BCUT2D eigenvalue weighted by Gasteiger charge is -2.46. The van der Waals surface area contributed by atoms with Crippen molar-refractivity contribution in [1.82, 2.24) is 24.6 Å². The Bertz CT molecular complexity index is 1320. The van der Waals surface area contributed by atoms with Gasteiger partial charge in [-0.05, 0) is 44.9 Å². The molecule has 2 aliphatic rings. The van der Waals surface area contributed by atoms with Crippen LogP contribution in [-0.4, -0.2) is 67.4 Å². The molecule has 0 radical (unpaired) electrons. The number of hydrogen-bond acceptors (Lipinski definition) is 6. The van der Waals surface area contributed by atoms with Gasteiger partial charge in [0.05, 0.1) is 11.3 Å². The smallest absolute Gasteiger partial charge is 0.475 e. The van der Waals surface area contributed by atoms with Gasteiger partial charge in [-0.1, -0.05) is 12.1 Å². The summed E-state index contributed by atoms with van der Waals surface area (Å²) in [6.45, 7) is 6.74. The van der Waals surface area contributed by atoms with E-state index in [9.17, 15) is 22.4 Å². The van der Waals surface area contributed by atoms with Gasteiger partial charge in [0.1, 0.15) is 5.82 Å². The van der Waals surface area contributed by atoms with Gasteiger partial charge in [-0.25, -0.2) is 19.2 Å². The maximum Gasteiger partial charge on any atom is 0.490 e. The fourth-order valence-electron chi connectivity index (χ4n) is 4.89. The van der Waals surface area contributed by atoms with E-state index in [1.807, 2.05) is 10.7 Å². The first-order valence-corrected chi connectivity index (χ1v) is 12.4.